The second-order valence-corrected chi connectivity index (χ2v) is 20.7. The molecule has 0 spiro atoms. The van der Waals surface area contributed by atoms with E-state index in [1.165, 1.54) is 38.5 Å². The quantitative estimate of drug-likeness (QED) is 0.200. The maximum absolute atomic E-state index is 13.9. The van der Waals surface area contributed by atoms with Crippen molar-refractivity contribution in [3.05, 3.63) is 25.3 Å². The van der Waals surface area contributed by atoms with Gasteiger partial charge in [-0.3, -0.25) is 9.59 Å². The second kappa shape index (κ2) is 13.5. The molecule has 0 amide bonds. The summed E-state index contributed by atoms with van der Waals surface area (Å²) in [5, 5.41) is 11.0. The summed E-state index contributed by atoms with van der Waals surface area (Å²) in [6.07, 6.45) is 24.9. The van der Waals surface area contributed by atoms with E-state index in [4.69, 9.17) is 9.47 Å². The van der Waals surface area contributed by atoms with E-state index in [1.54, 1.807) is 7.11 Å². The molecule has 0 bridgehead atoms. The molecular formula is C47H72O5. The van der Waals surface area contributed by atoms with Crippen LogP contribution in [-0.2, 0) is 19.1 Å². The highest BCUT2D eigenvalue weighted by molar-refractivity contribution is 5.78. The molecule has 0 aromatic carbocycles. The molecule has 8 rings (SSSR count). The number of carbonyl (C=O) groups is 2. The van der Waals surface area contributed by atoms with Crippen LogP contribution in [0.2, 0.25) is 0 Å². The van der Waals surface area contributed by atoms with Crippen molar-refractivity contribution >= 4 is 11.9 Å². The Labute approximate surface area is 315 Å². The average molecular weight is 717 g/mol. The fourth-order valence-electron chi connectivity index (χ4n) is 17.5. The van der Waals surface area contributed by atoms with Crippen LogP contribution in [-0.4, -0.2) is 36.4 Å². The first kappa shape index (κ1) is 37.3. The fraction of sp³-hybridized carbons (Fsp3) is 0.872. The number of allylic oxidation sites excluding steroid dienone is 2. The molecular weight excluding hydrogens is 645 g/mol. The Morgan fingerprint density at radius 1 is 0.654 bits per heavy atom. The third-order valence-electron chi connectivity index (χ3n) is 19.5. The van der Waals surface area contributed by atoms with Crippen molar-refractivity contribution in [3.63, 3.8) is 0 Å². The third kappa shape index (κ3) is 5.07. The van der Waals surface area contributed by atoms with Gasteiger partial charge >= 0.3 is 11.9 Å². The lowest BCUT2D eigenvalue weighted by Crippen LogP contribution is -2.57. The van der Waals surface area contributed by atoms with Gasteiger partial charge in [-0.05, 0) is 172 Å². The fourth-order valence-corrected chi connectivity index (χ4v) is 17.5. The van der Waals surface area contributed by atoms with Crippen LogP contribution in [0.1, 0.15) is 143 Å². The number of aliphatic carboxylic acids is 1. The zero-order valence-corrected chi connectivity index (χ0v) is 33.5. The zero-order valence-electron chi connectivity index (χ0n) is 33.5. The lowest BCUT2D eigenvalue weighted by atomic mass is 9.44. The number of hydrogen-bond donors (Lipinski definition) is 1. The van der Waals surface area contributed by atoms with Crippen molar-refractivity contribution in [1.29, 1.82) is 0 Å². The van der Waals surface area contributed by atoms with E-state index in [9.17, 15) is 14.7 Å². The summed E-state index contributed by atoms with van der Waals surface area (Å²) >= 11 is 0. The molecule has 52 heavy (non-hydrogen) atoms. The summed E-state index contributed by atoms with van der Waals surface area (Å²) in [5.74, 6) is 4.73. The van der Waals surface area contributed by atoms with E-state index < -0.39 is 11.4 Å². The van der Waals surface area contributed by atoms with Crippen molar-refractivity contribution in [2.45, 2.75) is 155 Å². The summed E-state index contributed by atoms with van der Waals surface area (Å²) in [6, 6.07) is 0. The summed E-state index contributed by atoms with van der Waals surface area (Å²) in [5.41, 5.74) is -0.522. The van der Waals surface area contributed by atoms with Gasteiger partial charge in [-0.2, -0.15) is 0 Å². The van der Waals surface area contributed by atoms with E-state index in [-0.39, 0.29) is 34.4 Å². The van der Waals surface area contributed by atoms with Crippen molar-refractivity contribution in [1.82, 2.24) is 0 Å². The lowest BCUT2D eigenvalue weighted by Gasteiger charge is -2.60. The first-order valence-corrected chi connectivity index (χ1v) is 22.1. The van der Waals surface area contributed by atoms with Crippen molar-refractivity contribution in [3.8, 4) is 0 Å². The Morgan fingerprint density at radius 2 is 1.12 bits per heavy atom. The minimum atomic E-state index is -0.517. The van der Waals surface area contributed by atoms with Gasteiger partial charge in [-0.1, -0.05) is 65.5 Å². The molecule has 0 aromatic heterocycles. The highest BCUT2D eigenvalue weighted by Crippen LogP contribution is 2.72. The van der Waals surface area contributed by atoms with Crippen LogP contribution in [0.4, 0.5) is 0 Å². The van der Waals surface area contributed by atoms with Crippen LogP contribution in [0, 0.1) is 92.7 Å². The smallest absolute Gasteiger partial charge is 0.312 e. The van der Waals surface area contributed by atoms with Crippen LogP contribution in [0.5, 0.6) is 0 Å². The number of esters is 1. The zero-order chi connectivity index (χ0) is 36.8. The molecule has 0 aromatic rings. The van der Waals surface area contributed by atoms with Crippen LogP contribution in [0.25, 0.3) is 0 Å². The Morgan fingerprint density at radius 3 is 1.58 bits per heavy atom. The van der Waals surface area contributed by atoms with Gasteiger partial charge in [0, 0.05) is 0 Å². The number of fused-ring (bicyclic) bond motifs is 10. The maximum atomic E-state index is 13.9. The molecule has 8 saturated carbocycles. The Balaban J connectivity index is 1.11. The number of carbonyl (C=O) groups excluding carboxylic acids is 1. The number of rotatable bonds is 8. The Bertz CT molecular complexity index is 1410. The molecule has 8 aliphatic carbocycles. The predicted octanol–water partition coefficient (Wildman–Crippen LogP) is 10.9. The van der Waals surface area contributed by atoms with E-state index in [2.05, 4.69) is 53.0 Å². The predicted molar refractivity (Wildman–Crippen MR) is 206 cm³/mol. The molecule has 0 aliphatic heterocycles. The van der Waals surface area contributed by atoms with Gasteiger partial charge < -0.3 is 14.6 Å². The molecule has 1 N–H and O–H groups in total. The molecule has 290 valence electrons. The highest BCUT2D eigenvalue weighted by Gasteiger charge is 2.69. The van der Waals surface area contributed by atoms with E-state index in [0.29, 0.717) is 71.0 Å². The molecule has 0 radical (unpaired) electrons. The molecule has 5 nitrogen and oxygen atoms in total. The van der Waals surface area contributed by atoms with Gasteiger partial charge in [0.1, 0.15) is 0 Å². The molecule has 18 atom stereocenters. The minimum absolute atomic E-state index is 0.0885. The van der Waals surface area contributed by atoms with Gasteiger partial charge in [0.05, 0.1) is 30.1 Å². The first-order valence-electron chi connectivity index (χ1n) is 22.1. The molecule has 8 aliphatic rings. The van der Waals surface area contributed by atoms with Crippen LogP contribution < -0.4 is 0 Å². The SMILES string of the molecule is C=C[C@@H](C)[C@H]1C(OC2C[C@H]3[C@@H]4CCC5CCCC[C@]5(C(=O)OC)[C@H]4CC[C@]3(C)[C@H]2[C@H](C)C=C)C[C@H]2[C@@H]3CCC4CCCC[C@]4(C(=O)O)[C@H]3CC[C@]12C. The van der Waals surface area contributed by atoms with E-state index >= 15 is 0 Å². The number of hydrogen-bond acceptors (Lipinski definition) is 4. The lowest BCUT2D eigenvalue weighted by molar-refractivity contribution is -0.183. The summed E-state index contributed by atoms with van der Waals surface area (Å²) in [6.45, 7) is 18.7. The standard InChI is InChI=1S/C47H72O5/c1-8-28(3)40-38(26-36-32-18-16-30-14-10-12-22-46(30,42(48)49)34(32)20-24-44(36,40)5)52-39-27-37-33-19-17-31-15-11-13-23-47(31,43(50)51-7)35(33)21-25-45(37,6)41(39)29(4)9-2/h8-9,28-41H,1-2,10-27H2,3-7H3,(H,48,49)/t28-,29-,30?,31?,32-,33-,34+,35+,36+,37+,38?,39?,40+,41+,44+,45+,46-,47-/m1/s1. The third-order valence-corrected chi connectivity index (χ3v) is 19.5. The molecule has 4 unspecified atom stereocenters. The normalized spacial score (nSPS) is 51.9. The van der Waals surface area contributed by atoms with Gasteiger partial charge in [-0.15, -0.1) is 13.2 Å². The van der Waals surface area contributed by atoms with Crippen LogP contribution >= 0.6 is 0 Å². The largest absolute Gasteiger partial charge is 0.481 e. The van der Waals surface area contributed by atoms with Crippen molar-refractivity contribution < 1.29 is 24.2 Å². The number of carboxylic acids is 1. The minimum Gasteiger partial charge on any atom is -0.481 e. The van der Waals surface area contributed by atoms with Gasteiger partial charge in [-0.25, -0.2) is 0 Å². The van der Waals surface area contributed by atoms with Crippen LogP contribution in [0.15, 0.2) is 25.3 Å². The number of ether oxygens (including phenoxy) is 2. The highest BCUT2D eigenvalue weighted by atomic mass is 16.5. The van der Waals surface area contributed by atoms with Gasteiger partial charge in [0.25, 0.3) is 0 Å². The summed E-state index contributed by atoms with van der Waals surface area (Å²) in [7, 11) is 1.63. The Hall–Kier alpha value is -1.62. The molecule has 0 heterocycles. The maximum Gasteiger partial charge on any atom is 0.312 e. The second-order valence-electron chi connectivity index (χ2n) is 20.7. The van der Waals surface area contributed by atoms with E-state index in [0.717, 1.165) is 77.0 Å². The van der Waals surface area contributed by atoms with Gasteiger partial charge in [0.15, 0.2) is 0 Å². The molecule has 8 fully saturated rings. The van der Waals surface area contributed by atoms with Crippen LogP contribution in [0.3, 0.4) is 0 Å². The number of carboxylic acid groups (broad SMARTS) is 1. The number of methoxy groups -OCH3 is 1. The summed E-state index contributed by atoms with van der Waals surface area (Å²) in [4.78, 5) is 27.2. The summed E-state index contributed by atoms with van der Waals surface area (Å²) < 4.78 is 13.5. The van der Waals surface area contributed by atoms with Gasteiger partial charge in [0.2, 0.25) is 0 Å². The van der Waals surface area contributed by atoms with Crippen molar-refractivity contribution in [2.75, 3.05) is 7.11 Å². The average Bonchev–Trinajstić information content (AvgIpc) is 3.62. The first-order chi connectivity index (χ1) is 24.9. The van der Waals surface area contributed by atoms with Crippen molar-refractivity contribution in [2.24, 2.45) is 92.7 Å². The Kier molecular flexibility index (Phi) is 9.72. The molecule has 0 saturated heterocycles. The topological polar surface area (TPSA) is 72.8 Å². The van der Waals surface area contributed by atoms with E-state index in [1.807, 2.05) is 0 Å². The monoisotopic (exact) mass is 717 g/mol. The molecule has 5 heteroatoms.